The Kier molecular flexibility index (Phi) is 6.88. The average Bonchev–Trinajstić information content (AvgIpc) is 3.19. The summed E-state index contributed by atoms with van der Waals surface area (Å²) in [5.74, 6) is -3.02. The average molecular weight is 529 g/mol. The summed E-state index contributed by atoms with van der Waals surface area (Å²) in [6, 6.07) is 12.2. The number of aliphatic hydroxyl groups excluding tert-OH is 1. The molecule has 12 heteroatoms. The van der Waals surface area contributed by atoms with E-state index in [1.54, 1.807) is 38.1 Å². The van der Waals surface area contributed by atoms with Crippen LogP contribution in [0.5, 0.6) is 0 Å². The lowest BCUT2D eigenvalue weighted by atomic mass is 10.1. The van der Waals surface area contributed by atoms with Gasteiger partial charge in [-0.2, -0.15) is 16.8 Å². The molecule has 2 aliphatic rings. The van der Waals surface area contributed by atoms with Crippen molar-refractivity contribution in [3.8, 4) is 0 Å². The van der Waals surface area contributed by atoms with Crippen molar-refractivity contribution in [3.05, 3.63) is 59.7 Å². The summed E-state index contributed by atoms with van der Waals surface area (Å²) in [7, 11) is -8.31. The lowest BCUT2D eigenvalue weighted by Crippen LogP contribution is -2.45. The van der Waals surface area contributed by atoms with Crippen LogP contribution in [0.15, 0.2) is 58.3 Å². The van der Waals surface area contributed by atoms with Crippen molar-refractivity contribution in [1.82, 2.24) is 0 Å². The summed E-state index contributed by atoms with van der Waals surface area (Å²) in [4.78, 5) is -0.108. The fourth-order valence-corrected chi connectivity index (χ4v) is 5.82. The molecule has 0 unspecified atom stereocenters. The summed E-state index contributed by atoms with van der Waals surface area (Å²) in [5.41, 5.74) is 1.76. The van der Waals surface area contributed by atoms with Crippen LogP contribution in [0.1, 0.15) is 25.0 Å². The molecule has 2 aliphatic heterocycles. The molecule has 0 bridgehead atoms. The van der Waals surface area contributed by atoms with Gasteiger partial charge in [-0.1, -0.05) is 35.4 Å². The van der Waals surface area contributed by atoms with E-state index in [-0.39, 0.29) is 9.79 Å². The Bertz CT molecular complexity index is 1270. The van der Waals surface area contributed by atoms with Crippen molar-refractivity contribution in [2.75, 3.05) is 13.2 Å². The second kappa shape index (κ2) is 9.20. The number of fused-ring (bicyclic) bond motifs is 1. The second-order valence-corrected chi connectivity index (χ2v) is 12.3. The van der Waals surface area contributed by atoms with Crippen LogP contribution in [0, 0.1) is 13.8 Å². The van der Waals surface area contributed by atoms with E-state index in [4.69, 9.17) is 22.6 Å². The second-order valence-electron chi connectivity index (χ2n) is 9.08. The number of hydrogen-bond acceptors (Lipinski definition) is 10. The Balaban J connectivity index is 1.50. The topological polar surface area (TPSA) is 135 Å². The first-order valence-corrected chi connectivity index (χ1v) is 13.7. The van der Waals surface area contributed by atoms with Crippen LogP contribution in [0.2, 0.25) is 0 Å². The Morgan fingerprint density at radius 3 is 1.83 bits per heavy atom. The Hall–Kier alpha value is -1.90. The highest BCUT2D eigenvalue weighted by atomic mass is 32.2. The molecule has 0 spiro atoms. The first kappa shape index (κ1) is 26.2. The normalized spacial score (nSPS) is 28.2. The molecule has 4 rings (SSSR count). The molecule has 192 valence electrons. The molecule has 0 aromatic heterocycles. The minimum atomic E-state index is -4.18. The van der Waals surface area contributed by atoms with Gasteiger partial charge in [0.1, 0.15) is 24.9 Å². The van der Waals surface area contributed by atoms with E-state index >= 15 is 0 Å². The molecule has 10 nitrogen and oxygen atoms in total. The number of aryl methyl sites for hydroxylation is 2. The Labute approximate surface area is 205 Å². The van der Waals surface area contributed by atoms with Crippen LogP contribution in [-0.4, -0.2) is 65.0 Å². The van der Waals surface area contributed by atoms with Gasteiger partial charge >= 0.3 is 0 Å². The highest BCUT2D eigenvalue weighted by Crippen LogP contribution is 2.46. The van der Waals surface area contributed by atoms with Gasteiger partial charge in [0.15, 0.2) is 5.79 Å². The number of aliphatic hydroxyl groups is 1. The molecule has 35 heavy (non-hydrogen) atoms. The molecule has 4 atom stereocenters. The molecule has 0 aliphatic carbocycles. The molecule has 2 aromatic carbocycles. The smallest absolute Gasteiger partial charge is 0.297 e. The SMILES string of the molecule is Cc1ccc(S(=O)(=O)OC[C@@H]2O[C@@]3(COS(=O)(=O)c4ccc(C)cc4)OC(C)(C)O[C@@H]3[C@@H]2O)cc1. The van der Waals surface area contributed by atoms with Gasteiger partial charge in [-0.25, -0.2) is 0 Å². The van der Waals surface area contributed by atoms with E-state index in [1.165, 1.54) is 24.3 Å². The molecule has 0 radical (unpaired) electrons. The fraction of sp³-hybridized carbons (Fsp3) is 0.478. The van der Waals surface area contributed by atoms with E-state index < -0.39 is 63.3 Å². The van der Waals surface area contributed by atoms with Gasteiger partial charge in [0, 0.05) is 0 Å². The molecule has 0 saturated carbocycles. The fourth-order valence-electron chi connectivity index (χ4n) is 3.98. The van der Waals surface area contributed by atoms with E-state index in [2.05, 4.69) is 0 Å². The van der Waals surface area contributed by atoms with Gasteiger partial charge in [0.2, 0.25) is 5.79 Å². The highest BCUT2D eigenvalue weighted by Gasteiger charge is 2.65. The Morgan fingerprint density at radius 2 is 1.31 bits per heavy atom. The predicted molar refractivity (Wildman–Crippen MR) is 122 cm³/mol. The quantitative estimate of drug-likeness (QED) is 0.507. The third kappa shape index (κ3) is 5.44. The third-order valence-electron chi connectivity index (χ3n) is 5.73. The largest absolute Gasteiger partial charge is 0.387 e. The standard InChI is InChI=1S/C23H28O10S2/c1-15-5-9-17(10-6-15)34(25,26)29-13-19-20(24)21-23(31-19,33-22(3,4)32-21)14-30-35(27,28)18-11-7-16(2)8-12-18/h5-12,19-21,24H,13-14H2,1-4H3/t19-,20+,21+,23-/m0/s1. The van der Waals surface area contributed by atoms with Crippen LogP contribution in [-0.2, 0) is 42.8 Å². The maximum absolute atomic E-state index is 12.7. The number of benzene rings is 2. The molecule has 2 fully saturated rings. The molecule has 2 aromatic rings. The molecular weight excluding hydrogens is 500 g/mol. The van der Waals surface area contributed by atoms with Crippen LogP contribution in [0.3, 0.4) is 0 Å². The van der Waals surface area contributed by atoms with E-state index in [0.717, 1.165) is 11.1 Å². The van der Waals surface area contributed by atoms with Crippen molar-refractivity contribution < 1.29 is 44.5 Å². The first-order valence-electron chi connectivity index (χ1n) is 10.9. The van der Waals surface area contributed by atoms with Gasteiger partial charge in [0.05, 0.1) is 16.4 Å². The summed E-state index contributed by atoms with van der Waals surface area (Å²) < 4.78 is 78.3. The lowest BCUT2D eigenvalue weighted by molar-refractivity contribution is -0.272. The van der Waals surface area contributed by atoms with Gasteiger partial charge in [-0.05, 0) is 52.0 Å². The molecule has 1 N–H and O–H groups in total. The van der Waals surface area contributed by atoms with Crippen molar-refractivity contribution in [3.63, 3.8) is 0 Å². The molecule has 2 saturated heterocycles. The highest BCUT2D eigenvalue weighted by molar-refractivity contribution is 7.87. The number of rotatable bonds is 8. The lowest BCUT2D eigenvalue weighted by Gasteiger charge is -2.28. The minimum Gasteiger partial charge on any atom is -0.387 e. The van der Waals surface area contributed by atoms with Crippen molar-refractivity contribution in [1.29, 1.82) is 0 Å². The maximum atomic E-state index is 12.7. The van der Waals surface area contributed by atoms with Gasteiger partial charge in [-0.3, -0.25) is 8.37 Å². The zero-order chi connectivity index (χ0) is 25.6. The third-order valence-corrected chi connectivity index (χ3v) is 8.30. The molecule has 2 heterocycles. The minimum absolute atomic E-state index is 0.0494. The van der Waals surface area contributed by atoms with Gasteiger partial charge in [-0.15, -0.1) is 0 Å². The summed E-state index contributed by atoms with van der Waals surface area (Å²) in [5, 5.41) is 10.8. The number of hydrogen-bond donors (Lipinski definition) is 1. The van der Waals surface area contributed by atoms with Gasteiger partial charge in [0.25, 0.3) is 20.2 Å². The molecular formula is C23H28O10S2. The number of ether oxygens (including phenoxy) is 3. The van der Waals surface area contributed by atoms with Gasteiger partial charge < -0.3 is 19.3 Å². The predicted octanol–water partition coefficient (Wildman–Crippen LogP) is 2.02. The summed E-state index contributed by atoms with van der Waals surface area (Å²) >= 11 is 0. The van der Waals surface area contributed by atoms with Crippen molar-refractivity contribution in [2.45, 2.75) is 67.4 Å². The zero-order valence-corrected chi connectivity index (χ0v) is 21.3. The van der Waals surface area contributed by atoms with E-state index in [9.17, 15) is 21.9 Å². The monoisotopic (exact) mass is 528 g/mol. The molecule has 0 amide bonds. The van der Waals surface area contributed by atoms with E-state index in [1.807, 2.05) is 13.8 Å². The summed E-state index contributed by atoms with van der Waals surface area (Å²) in [6.07, 6.45) is -3.72. The maximum Gasteiger partial charge on any atom is 0.297 e. The van der Waals surface area contributed by atoms with Crippen LogP contribution in [0.25, 0.3) is 0 Å². The first-order chi connectivity index (χ1) is 16.2. The zero-order valence-electron chi connectivity index (χ0n) is 19.7. The Morgan fingerprint density at radius 1 is 0.829 bits per heavy atom. The van der Waals surface area contributed by atoms with E-state index in [0.29, 0.717) is 0 Å². The van der Waals surface area contributed by atoms with Crippen LogP contribution in [0.4, 0.5) is 0 Å². The summed E-state index contributed by atoms with van der Waals surface area (Å²) in [6.45, 7) is 5.61. The van der Waals surface area contributed by atoms with Crippen molar-refractivity contribution >= 4 is 20.2 Å². The van der Waals surface area contributed by atoms with Crippen LogP contribution < -0.4 is 0 Å². The van der Waals surface area contributed by atoms with Crippen LogP contribution >= 0.6 is 0 Å². The van der Waals surface area contributed by atoms with Crippen molar-refractivity contribution in [2.24, 2.45) is 0 Å².